The largest absolute Gasteiger partial charge is 0.494 e. The molecule has 0 fully saturated rings. The van der Waals surface area contributed by atoms with Gasteiger partial charge in [-0.2, -0.15) is 5.10 Å². The Morgan fingerprint density at radius 3 is 2.83 bits per heavy atom. The zero-order valence-electron chi connectivity index (χ0n) is 10.1. The highest BCUT2D eigenvalue weighted by Crippen LogP contribution is 2.11. The number of aryl methyl sites for hydroxylation is 1. The minimum Gasteiger partial charge on any atom is -0.494 e. The first-order chi connectivity index (χ1) is 8.88. The standard InChI is InChI=1S/C13H16N4O/c14-16-10-12-2-4-13(5-3-12)18-9-1-7-17-8-6-15-11-17/h2-6,8,10-11H,1,7,9,14H2. The summed E-state index contributed by atoms with van der Waals surface area (Å²) in [5.41, 5.74) is 0.961. The summed E-state index contributed by atoms with van der Waals surface area (Å²) >= 11 is 0. The van der Waals surface area contributed by atoms with Gasteiger partial charge < -0.3 is 15.1 Å². The van der Waals surface area contributed by atoms with Gasteiger partial charge >= 0.3 is 0 Å². The van der Waals surface area contributed by atoms with Crippen LogP contribution in [0.25, 0.3) is 0 Å². The molecule has 1 aromatic heterocycles. The Bertz CT molecular complexity index is 476. The van der Waals surface area contributed by atoms with Crippen LogP contribution in [-0.4, -0.2) is 22.4 Å². The number of nitrogens with zero attached hydrogens (tertiary/aromatic N) is 3. The van der Waals surface area contributed by atoms with E-state index in [1.54, 1.807) is 18.7 Å². The number of rotatable bonds is 6. The maximum Gasteiger partial charge on any atom is 0.119 e. The van der Waals surface area contributed by atoms with Crippen molar-refractivity contribution in [2.45, 2.75) is 13.0 Å². The van der Waals surface area contributed by atoms with Gasteiger partial charge in [0.05, 0.1) is 19.1 Å². The molecule has 0 atom stereocenters. The van der Waals surface area contributed by atoms with Crippen LogP contribution < -0.4 is 10.6 Å². The molecular weight excluding hydrogens is 228 g/mol. The van der Waals surface area contributed by atoms with Crippen molar-refractivity contribution >= 4 is 6.21 Å². The van der Waals surface area contributed by atoms with E-state index in [9.17, 15) is 0 Å². The normalized spacial score (nSPS) is 10.9. The first-order valence-electron chi connectivity index (χ1n) is 5.80. The average Bonchev–Trinajstić information content (AvgIpc) is 2.90. The highest BCUT2D eigenvalue weighted by molar-refractivity contribution is 5.79. The van der Waals surface area contributed by atoms with E-state index in [4.69, 9.17) is 10.6 Å². The Balaban J connectivity index is 1.73. The summed E-state index contributed by atoms with van der Waals surface area (Å²) in [5.74, 6) is 5.93. The van der Waals surface area contributed by atoms with Gasteiger partial charge in [-0.3, -0.25) is 0 Å². The Morgan fingerprint density at radius 2 is 2.17 bits per heavy atom. The van der Waals surface area contributed by atoms with Crippen molar-refractivity contribution in [2.75, 3.05) is 6.61 Å². The summed E-state index contributed by atoms with van der Waals surface area (Å²) in [5, 5.41) is 3.47. The molecule has 0 bridgehead atoms. The number of benzene rings is 1. The van der Waals surface area contributed by atoms with E-state index in [1.165, 1.54) is 0 Å². The van der Waals surface area contributed by atoms with E-state index in [1.807, 2.05) is 35.0 Å². The van der Waals surface area contributed by atoms with Gasteiger partial charge in [0.25, 0.3) is 0 Å². The molecule has 0 aliphatic heterocycles. The van der Waals surface area contributed by atoms with Crippen molar-refractivity contribution < 1.29 is 4.74 Å². The van der Waals surface area contributed by atoms with Gasteiger partial charge in [0.1, 0.15) is 5.75 Å². The molecule has 1 aromatic carbocycles. The van der Waals surface area contributed by atoms with E-state index in [0.29, 0.717) is 6.61 Å². The van der Waals surface area contributed by atoms with Crippen LogP contribution in [0.3, 0.4) is 0 Å². The van der Waals surface area contributed by atoms with Gasteiger partial charge in [-0.25, -0.2) is 4.98 Å². The van der Waals surface area contributed by atoms with Crippen molar-refractivity contribution in [3.05, 3.63) is 48.5 Å². The van der Waals surface area contributed by atoms with E-state index in [-0.39, 0.29) is 0 Å². The minimum absolute atomic E-state index is 0.683. The quantitative estimate of drug-likeness (QED) is 0.363. The topological polar surface area (TPSA) is 65.4 Å². The lowest BCUT2D eigenvalue weighted by Crippen LogP contribution is -2.03. The molecule has 0 aliphatic rings. The summed E-state index contributed by atoms with van der Waals surface area (Å²) in [6.45, 7) is 1.60. The molecule has 18 heavy (non-hydrogen) atoms. The number of ether oxygens (including phenoxy) is 1. The summed E-state index contributed by atoms with van der Waals surface area (Å²) in [7, 11) is 0. The van der Waals surface area contributed by atoms with E-state index < -0.39 is 0 Å². The monoisotopic (exact) mass is 244 g/mol. The Morgan fingerprint density at radius 1 is 1.33 bits per heavy atom. The van der Waals surface area contributed by atoms with Crippen molar-refractivity contribution in [3.8, 4) is 5.75 Å². The number of hydrazone groups is 1. The fourth-order valence-corrected chi connectivity index (χ4v) is 1.59. The van der Waals surface area contributed by atoms with Crippen LogP contribution in [0, 0.1) is 0 Å². The molecule has 0 unspecified atom stereocenters. The van der Waals surface area contributed by atoms with E-state index >= 15 is 0 Å². The van der Waals surface area contributed by atoms with Gasteiger partial charge in [-0.05, 0) is 36.2 Å². The molecule has 1 heterocycles. The first-order valence-corrected chi connectivity index (χ1v) is 5.80. The van der Waals surface area contributed by atoms with Gasteiger partial charge in [0.15, 0.2) is 0 Å². The van der Waals surface area contributed by atoms with Crippen molar-refractivity contribution in [1.82, 2.24) is 9.55 Å². The van der Waals surface area contributed by atoms with Crippen LogP contribution in [0.15, 0.2) is 48.1 Å². The summed E-state index contributed by atoms with van der Waals surface area (Å²) in [6.07, 6.45) is 8.08. The predicted octanol–water partition coefficient (Wildman–Crippen LogP) is 1.64. The Kier molecular flexibility index (Phi) is 4.35. The number of hydrogen-bond acceptors (Lipinski definition) is 4. The number of hydrogen-bond donors (Lipinski definition) is 1. The SMILES string of the molecule is NN=Cc1ccc(OCCCn2ccnc2)cc1. The second-order valence-corrected chi connectivity index (χ2v) is 3.85. The third kappa shape index (κ3) is 3.62. The van der Waals surface area contributed by atoms with Crippen molar-refractivity contribution in [2.24, 2.45) is 10.9 Å². The lowest BCUT2D eigenvalue weighted by Gasteiger charge is -2.06. The lowest BCUT2D eigenvalue weighted by molar-refractivity contribution is 0.302. The van der Waals surface area contributed by atoms with Crippen molar-refractivity contribution in [1.29, 1.82) is 0 Å². The maximum absolute atomic E-state index is 5.63. The highest BCUT2D eigenvalue weighted by atomic mass is 16.5. The maximum atomic E-state index is 5.63. The van der Waals surface area contributed by atoms with Gasteiger partial charge in [-0.15, -0.1) is 0 Å². The molecule has 5 nitrogen and oxygen atoms in total. The van der Waals surface area contributed by atoms with Crippen LogP contribution in [0.1, 0.15) is 12.0 Å². The highest BCUT2D eigenvalue weighted by Gasteiger charge is 1.95. The zero-order chi connectivity index (χ0) is 12.6. The van der Waals surface area contributed by atoms with Gasteiger partial charge in [0, 0.05) is 18.9 Å². The van der Waals surface area contributed by atoms with Gasteiger partial charge in [0.2, 0.25) is 0 Å². The molecule has 5 heteroatoms. The van der Waals surface area contributed by atoms with Crippen LogP contribution in [-0.2, 0) is 6.54 Å². The fraction of sp³-hybridized carbons (Fsp3) is 0.231. The fourth-order valence-electron chi connectivity index (χ4n) is 1.59. The third-order valence-electron chi connectivity index (χ3n) is 2.49. The third-order valence-corrected chi connectivity index (χ3v) is 2.49. The first kappa shape index (κ1) is 12.2. The molecule has 0 saturated heterocycles. The molecule has 0 radical (unpaired) electrons. The molecule has 2 aromatic rings. The van der Waals surface area contributed by atoms with Crippen LogP contribution in [0.4, 0.5) is 0 Å². The summed E-state index contributed by atoms with van der Waals surface area (Å²) in [6, 6.07) is 7.66. The minimum atomic E-state index is 0.683. The van der Waals surface area contributed by atoms with Crippen LogP contribution in [0.2, 0.25) is 0 Å². The molecule has 94 valence electrons. The number of imidazole rings is 1. The lowest BCUT2D eigenvalue weighted by atomic mass is 10.2. The molecule has 0 amide bonds. The van der Waals surface area contributed by atoms with Crippen LogP contribution >= 0.6 is 0 Å². The second-order valence-electron chi connectivity index (χ2n) is 3.85. The Hall–Kier alpha value is -2.30. The second kappa shape index (κ2) is 6.44. The summed E-state index contributed by atoms with van der Waals surface area (Å²) < 4.78 is 7.66. The Labute approximate surface area is 106 Å². The zero-order valence-corrected chi connectivity index (χ0v) is 10.1. The average molecular weight is 244 g/mol. The summed E-state index contributed by atoms with van der Waals surface area (Å²) in [4.78, 5) is 3.99. The molecule has 0 spiro atoms. The number of nitrogens with two attached hydrogens (primary N) is 1. The molecule has 0 saturated carbocycles. The molecule has 2 N–H and O–H groups in total. The van der Waals surface area contributed by atoms with E-state index in [2.05, 4.69) is 10.1 Å². The predicted molar refractivity (Wildman–Crippen MR) is 70.6 cm³/mol. The molecule has 2 rings (SSSR count). The smallest absolute Gasteiger partial charge is 0.119 e. The number of aromatic nitrogens is 2. The van der Waals surface area contributed by atoms with Gasteiger partial charge in [-0.1, -0.05) is 0 Å². The van der Waals surface area contributed by atoms with E-state index in [0.717, 1.165) is 24.3 Å². The molecule has 0 aliphatic carbocycles. The van der Waals surface area contributed by atoms with Crippen LogP contribution in [0.5, 0.6) is 5.75 Å². The molecular formula is C13H16N4O. The van der Waals surface area contributed by atoms with Crippen molar-refractivity contribution in [3.63, 3.8) is 0 Å².